The van der Waals surface area contributed by atoms with Crippen molar-refractivity contribution in [3.8, 4) is 0 Å². The summed E-state index contributed by atoms with van der Waals surface area (Å²) in [7, 11) is -1.92. The number of unbranched alkanes of at least 4 members (excludes halogenated alkanes) is 8. The van der Waals surface area contributed by atoms with E-state index < -0.39 is 7.80 Å². The monoisotopic (exact) mass is 475 g/mol. The normalized spacial score (nSPS) is 14.2. The average Bonchev–Trinajstić information content (AvgIpc) is 2.68. The Morgan fingerprint density at radius 2 is 1.36 bits per heavy atom. The molecule has 0 saturated carbocycles. The van der Waals surface area contributed by atoms with Crippen molar-refractivity contribution in [2.45, 2.75) is 138 Å². The van der Waals surface area contributed by atoms with E-state index in [9.17, 15) is 9.36 Å². The standard InChI is InChI=1S/C30H52O2P/c1-9-10-11-12-13-14-15-16-17-18-27(21-24(3)22-30(6,7)8)33(32)29(31)28-25(4)19-23(2)20-26(28)5/h19-20,24,27H,9-18,21-22H2,1-8H3. The minimum atomic E-state index is -1.92. The van der Waals surface area contributed by atoms with Gasteiger partial charge in [0.2, 0.25) is 5.52 Å². The van der Waals surface area contributed by atoms with E-state index in [4.69, 9.17) is 0 Å². The maximum Gasteiger partial charge on any atom is 0.242 e. The van der Waals surface area contributed by atoms with Gasteiger partial charge >= 0.3 is 0 Å². The number of rotatable bonds is 16. The predicted molar refractivity (Wildman–Crippen MR) is 146 cm³/mol. The zero-order chi connectivity index (χ0) is 25.0. The van der Waals surface area contributed by atoms with Crippen LogP contribution in [0.15, 0.2) is 12.1 Å². The molecular formula is C30H52O2P. The molecule has 0 aliphatic carbocycles. The van der Waals surface area contributed by atoms with Gasteiger partial charge in [-0.05, 0) is 62.5 Å². The van der Waals surface area contributed by atoms with Crippen LogP contribution >= 0.6 is 7.80 Å². The van der Waals surface area contributed by atoms with Crippen LogP contribution in [0.1, 0.15) is 139 Å². The van der Waals surface area contributed by atoms with Gasteiger partial charge in [-0.1, -0.05) is 110 Å². The Kier molecular flexibility index (Phi) is 13.7. The quantitative estimate of drug-likeness (QED) is 0.176. The molecule has 0 spiro atoms. The fourth-order valence-electron chi connectivity index (χ4n) is 5.41. The number of carbonyl (C=O) groups is 1. The minimum absolute atomic E-state index is 0.00509. The summed E-state index contributed by atoms with van der Waals surface area (Å²) in [5.41, 5.74) is 3.90. The molecule has 1 aromatic carbocycles. The fraction of sp³-hybridized carbons (Fsp3) is 0.767. The molecule has 0 bridgehead atoms. The Morgan fingerprint density at radius 1 is 0.879 bits per heavy atom. The lowest BCUT2D eigenvalue weighted by molar-refractivity contribution is 0.107. The maximum absolute atomic E-state index is 13.6. The second kappa shape index (κ2) is 15.1. The third-order valence-electron chi connectivity index (χ3n) is 6.70. The molecule has 33 heavy (non-hydrogen) atoms. The van der Waals surface area contributed by atoms with Crippen molar-refractivity contribution in [1.29, 1.82) is 0 Å². The molecule has 0 amide bonds. The molecule has 0 heterocycles. The number of benzene rings is 1. The van der Waals surface area contributed by atoms with Gasteiger partial charge < -0.3 is 0 Å². The van der Waals surface area contributed by atoms with Gasteiger partial charge in [0.1, 0.15) is 7.80 Å². The first-order valence-electron chi connectivity index (χ1n) is 13.5. The summed E-state index contributed by atoms with van der Waals surface area (Å²) in [6.45, 7) is 17.3. The smallest absolute Gasteiger partial charge is 0.242 e. The van der Waals surface area contributed by atoms with Gasteiger partial charge in [-0.3, -0.25) is 9.36 Å². The highest BCUT2D eigenvalue weighted by Gasteiger charge is 2.29. The van der Waals surface area contributed by atoms with E-state index in [1.807, 2.05) is 26.0 Å². The number of aryl methyl sites for hydroxylation is 3. The molecule has 1 aromatic rings. The van der Waals surface area contributed by atoms with Crippen molar-refractivity contribution in [1.82, 2.24) is 0 Å². The highest BCUT2D eigenvalue weighted by Crippen LogP contribution is 2.42. The molecule has 1 rings (SSSR count). The van der Waals surface area contributed by atoms with Crippen LogP contribution in [0, 0.1) is 32.1 Å². The predicted octanol–water partition coefficient (Wildman–Crippen LogP) is 10.3. The summed E-state index contributed by atoms with van der Waals surface area (Å²) in [5.74, 6) is 0.473. The number of hydrogen-bond acceptors (Lipinski definition) is 2. The van der Waals surface area contributed by atoms with Crippen molar-refractivity contribution < 1.29 is 9.36 Å². The van der Waals surface area contributed by atoms with Crippen molar-refractivity contribution >= 4 is 13.3 Å². The molecule has 3 unspecified atom stereocenters. The van der Waals surface area contributed by atoms with Crippen LogP contribution in [-0.2, 0) is 4.57 Å². The van der Waals surface area contributed by atoms with Crippen LogP contribution in [-0.4, -0.2) is 11.2 Å². The van der Waals surface area contributed by atoms with Crippen molar-refractivity contribution in [3.63, 3.8) is 0 Å². The molecule has 0 saturated heterocycles. The highest BCUT2D eigenvalue weighted by atomic mass is 31.1. The summed E-state index contributed by atoms with van der Waals surface area (Å²) < 4.78 is 13.6. The molecule has 3 heteroatoms. The molecule has 0 aliphatic heterocycles. The topological polar surface area (TPSA) is 34.1 Å². The fourth-order valence-corrected chi connectivity index (χ4v) is 7.28. The van der Waals surface area contributed by atoms with E-state index in [1.165, 1.54) is 51.4 Å². The lowest BCUT2D eigenvalue weighted by Gasteiger charge is -2.26. The van der Waals surface area contributed by atoms with Gasteiger partial charge in [0, 0.05) is 11.2 Å². The van der Waals surface area contributed by atoms with E-state index in [-0.39, 0.29) is 16.6 Å². The maximum atomic E-state index is 13.6. The second-order valence-corrected chi connectivity index (χ2v) is 13.6. The van der Waals surface area contributed by atoms with Gasteiger partial charge in [0.15, 0.2) is 0 Å². The first kappa shape index (κ1) is 30.0. The first-order chi connectivity index (χ1) is 15.5. The van der Waals surface area contributed by atoms with Gasteiger partial charge in [-0.25, -0.2) is 0 Å². The molecule has 0 N–H and O–H groups in total. The van der Waals surface area contributed by atoms with Gasteiger partial charge in [0.25, 0.3) is 0 Å². The Hall–Kier alpha value is -1.01. The van der Waals surface area contributed by atoms with Crippen molar-refractivity contribution in [2.24, 2.45) is 11.3 Å². The average molecular weight is 476 g/mol. The lowest BCUT2D eigenvalue weighted by Crippen LogP contribution is -2.17. The molecule has 2 nitrogen and oxygen atoms in total. The molecule has 0 aromatic heterocycles. The summed E-state index contributed by atoms with van der Waals surface area (Å²) in [6, 6.07) is 4.09. The zero-order valence-corrected chi connectivity index (χ0v) is 24.0. The van der Waals surface area contributed by atoms with Crippen LogP contribution in [0.5, 0.6) is 0 Å². The second-order valence-electron chi connectivity index (χ2n) is 11.8. The Bertz CT molecular complexity index is 721. The van der Waals surface area contributed by atoms with Crippen LogP contribution < -0.4 is 0 Å². The molecule has 0 aliphatic rings. The van der Waals surface area contributed by atoms with Gasteiger partial charge in [-0.2, -0.15) is 0 Å². The molecule has 0 fully saturated rings. The zero-order valence-electron chi connectivity index (χ0n) is 23.1. The van der Waals surface area contributed by atoms with E-state index in [1.54, 1.807) is 0 Å². The highest BCUT2D eigenvalue weighted by molar-refractivity contribution is 7.65. The Labute approximate surface area is 206 Å². The van der Waals surface area contributed by atoms with Crippen molar-refractivity contribution in [2.75, 3.05) is 0 Å². The third kappa shape index (κ3) is 11.8. The molecule has 3 atom stereocenters. The van der Waals surface area contributed by atoms with Gasteiger partial charge in [-0.15, -0.1) is 0 Å². The minimum Gasteiger partial charge on any atom is -0.281 e. The Balaban J connectivity index is 2.77. The van der Waals surface area contributed by atoms with E-state index >= 15 is 0 Å². The molecule has 1 radical (unpaired) electrons. The first-order valence-corrected chi connectivity index (χ1v) is 14.9. The third-order valence-corrected chi connectivity index (χ3v) is 8.46. The van der Waals surface area contributed by atoms with Crippen LogP contribution in [0.25, 0.3) is 0 Å². The largest absolute Gasteiger partial charge is 0.281 e. The summed E-state index contributed by atoms with van der Waals surface area (Å²) in [5, 5.41) is 0. The molecule has 189 valence electrons. The molecular weight excluding hydrogens is 423 g/mol. The van der Waals surface area contributed by atoms with E-state index in [2.05, 4.69) is 41.5 Å². The SMILES string of the molecule is CCCCCCCCCCCC(CC(C)CC(C)(C)C)[P](=O)C(=O)c1c(C)cc(C)cc1C. The summed E-state index contributed by atoms with van der Waals surface area (Å²) >= 11 is 0. The van der Waals surface area contributed by atoms with Crippen LogP contribution in [0.2, 0.25) is 0 Å². The van der Waals surface area contributed by atoms with E-state index in [0.717, 1.165) is 42.4 Å². The number of hydrogen-bond donors (Lipinski definition) is 0. The van der Waals surface area contributed by atoms with E-state index in [0.29, 0.717) is 11.5 Å². The summed E-state index contributed by atoms with van der Waals surface area (Å²) in [6.07, 6.45) is 14.5. The Morgan fingerprint density at radius 3 is 1.85 bits per heavy atom. The van der Waals surface area contributed by atoms with Crippen molar-refractivity contribution in [3.05, 3.63) is 34.4 Å². The lowest BCUT2D eigenvalue weighted by atomic mass is 9.83. The summed E-state index contributed by atoms with van der Waals surface area (Å²) in [4.78, 5) is 13.4. The number of carbonyl (C=O) groups excluding carboxylic acids is 1. The van der Waals surface area contributed by atoms with Crippen LogP contribution in [0.4, 0.5) is 0 Å². The van der Waals surface area contributed by atoms with Crippen LogP contribution in [0.3, 0.4) is 0 Å². The van der Waals surface area contributed by atoms with Gasteiger partial charge in [0.05, 0.1) is 0 Å².